The fourth-order valence-corrected chi connectivity index (χ4v) is 2.98. The summed E-state index contributed by atoms with van der Waals surface area (Å²) in [6, 6.07) is 13.2. The predicted molar refractivity (Wildman–Crippen MR) is 106 cm³/mol. The lowest BCUT2D eigenvalue weighted by molar-refractivity contribution is -0.113. The van der Waals surface area contributed by atoms with Gasteiger partial charge in [0.15, 0.2) is 11.0 Å². The molecule has 0 bridgehead atoms. The van der Waals surface area contributed by atoms with Crippen molar-refractivity contribution in [3.63, 3.8) is 0 Å². The molecule has 0 aliphatic carbocycles. The van der Waals surface area contributed by atoms with Crippen molar-refractivity contribution in [1.29, 1.82) is 0 Å². The van der Waals surface area contributed by atoms with Gasteiger partial charge in [-0.1, -0.05) is 24.8 Å². The van der Waals surface area contributed by atoms with Gasteiger partial charge in [-0.25, -0.2) is 4.98 Å². The zero-order chi connectivity index (χ0) is 19.1. The van der Waals surface area contributed by atoms with E-state index in [1.807, 2.05) is 50.2 Å². The molecule has 27 heavy (non-hydrogen) atoms. The summed E-state index contributed by atoms with van der Waals surface area (Å²) in [6.45, 7) is 4.60. The van der Waals surface area contributed by atoms with Gasteiger partial charge in [-0.05, 0) is 49.7 Å². The van der Waals surface area contributed by atoms with Crippen LogP contribution in [-0.2, 0) is 11.2 Å². The van der Waals surface area contributed by atoms with Crippen LogP contribution in [0.25, 0.3) is 11.4 Å². The molecule has 2 aromatic heterocycles. The van der Waals surface area contributed by atoms with Crippen molar-refractivity contribution in [3.8, 4) is 17.1 Å². The number of ether oxygens (including phenoxy) is 1. The van der Waals surface area contributed by atoms with Crippen molar-refractivity contribution < 1.29 is 9.53 Å². The Morgan fingerprint density at radius 1 is 1.15 bits per heavy atom. The number of rotatable bonds is 8. The molecule has 0 unspecified atom stereocenters. The highest BCUT2D eigenvalue weighted by molar-refractivity contribution is 7.99. The Balaban J connectivity index is 1.55. The highest BCUT2D eigenvalue weighted by atomic mass is 32.2. The van der Waals surface area contributed by atoms with Gasteiger partial charge in [-0.15, -0.1) is 10.2 Å². The molecule has 0 fully saturated rings. The normalized spacial score (nSPS) is 10.6. The van der Waals surface area contributed by atoms with E-state index in [4.69, 9.17) is 4.74 Å². The molecule has 2 N–H and O–H groups in total. The van der Waals surface area contributed by atoms with E-state index in [1.165, 1.54) is 11.8 Å². The van der Waals surface area contributed by atoms with Crippen molar-refractivity contribution in [2.45, 2.75) is 25.4 Å². The first-order valence-corrected chi connectivity index (χ1v) is 9.71. The number of nitrogens with one attached hydrogen (secondary N) is 2. The van der Waals surface area contributed by atoms with E-state index in [2.05, 4.69) is 25.5 Å². The third-order valence-corrected chi connectivity index (χ3v) is 4.55. The Labute approximate surface area is 162 Å². The molecule has 7 nitrogen and oxygen atoms in total. The SMILES string of the molecule is CCOc1ccc(-c2nnc(SCC(=O)Nc3cccc(CC)n3)[nH]2)cc1. The molecule has 2 heterocycles. The Morgan fingerprint density at radius 2 is 1.96 bits per heavy atom. The van der Waals surface area contributed by atoms with Crippen LogP contribution in [0.15, 0.2) is 47.6 Å². The van der Waals surface area contributed by atoms with Gasteiger partial charge in [-0.3, -0.25) is 4.79 Å². The maximum atomic E-state index is 12.1. The minimum atomic E-state index is -0.139. The van der Waals surface area contributed by atoms with Crippen molar-refractivity contribution in [1.82, 2.24) is 20.2 Å². The number of amides is 1. The van der Waals surface area contributed by atoms with Crippen LogP contribution in [0.4, 0.5) is 5.82 Å². The number of carbonyl (C=O) groups excluding carboxylic acids is 1. The molecule has 0 radical (unpaired) electrons. The molecule has 0 atom stereocenters. The molecule has 0 aliphatic rings. The van der Waals surface area contributed by atoms with Crippen LogP contribution >= 0.6 is 11.8 Å². The summed E-state index contributed by atoms with van der Waals surface area (Å²) in [5.41, 5.74) is 1.85. The topological polar surface area (TPSA) is 92.8 Å². The zero-order valence-electron chi connectivity index (χ0n) is 15.2. The van der Waals surface area contributed by atoms with Crippen LogP contribution in [0.5, 0.6) is 5.75 Å². The smallest absolute Gasteiger partial charge is 0.236 e. The summed E-state index contributed by atoms with van der Waals surface area (Å²) in [6.07, 6.45) is 0.824. The van der Waals surface area contributed by atoms with Crippen LogP contribution in [0, 0.1) is 0 Å². The molecule has 3 aromatic rings. The second kappa shape index (κ2) is 9.18. The molecule has 8 heteroatoms. The average Bonchev–Trinajstić information content (AvgIpc) is 3.16. The van der Waals surface area contributed by atoms with E-state index in [-0.39, 0.29) is 11.7 Å². The van der Waals surface area contributed by atoms with Gasteiger partial charge in [0, 0.05) is 11.3 Å². The number of carbonyl (C=O) groups is 1. The largest absolute Gasteiger partial charge is 0.494 e. The summed E-state index contributed by atoms with van der Waals surface area (Å²) in [4.78, 5) is 19.6. The maximum Gasteiger partial charge on any atom is 0.236 e. The van der Waals surface area contributed by atoms with Gasteiger partial charge in [0.2, 0.25) is 5.91 Å². The zero-order valence-corrected chi connectivity index (χ0v) is 16.0. The van der Waals surface area contributed by atoms with Crippen molar-refractivity contribution >= 4 is 23.5 Å². The number of anilines is 1. The van der Waals surface area contributed by atoms with Crippen LogP contribution in [0.2, 0.25) is 0 Å². The highest BCUT2D eigenvalue weighted by Gasteiger charge is 2.10. The number of hydrogen-bond acceptors (Lipinski definition) is 6. The number of benzene rings is 1. The van der Waals surface area contributed by atoms with Gasteiger partial charge >= 0.3 is 0 Å². The predicted octanol–water partition coefficient (Wildman–Crippen LogP) is 3.56. The number of pyridine rings is 1. The number of aromatic amines is 1. The lowest BCUT2D eigenvalue weighted by atomic mass is 10.2. The van der Waals surface area contributed by atoms with Crippen molar-refractivity contribution in [3.05, 3.63) is 48.2 Å². The fourth-order valence-electron chi connectivity index (χ4n) is 2.38. The molecular weight excluding hydrogens is 362 g/mol. The average molecular weight is 383 g/mol. The minimum absolute atomic E-state index is 0.139. The first kappa shape index (κ1) is 18.9. The quantitative estimate of drug-likeness (QED) is 0.578. The number of hydrogen-bond donors (Lipinski definition) is 2. The molecule has 1 amide bonds. The molecule has 0 saturated carbocycles. The van der Waals surface area contributed by atoms with Gasteiger partial charge in [0.05, 0.1) is 12.4 Å². The van der Waals surface area contributed by atoms with Crippen LogP contribution in [-0.4, -0.2) is 38.4 Å². The Bertz CT molecular complexity index is 895. The van der Waals surface area contributed by atoms with E-state index in [0.29, 0.717) is 23.4 Å². The molecule has 0 spiro atoms. The Kier molecular flexibility index (Phi) is 6.43. The highest BCUT2D eigenvalue weighted by Crippen LogP contribution is 2.22. The lowest BCUT2D eigenvalue weighted by Gasteiger charge is -2.04. The summed E-state index contributed by atoms with van der Waals surface area (Å²) < 4.78 is 5.43. The van der Waals surface area contributed by atoms with Gasteiger partial charge in [0.25, 0.3) is 0 Å². The van der Waals surface area contributed by atoms with Crippen molar-refractivity contribution in [2.75, 3.05) is 17.7 Å². The number of nitrogens with zero attached hydrogens (tertiary/aromatic N) is 3. The first-order valence-electron chi connectivity index (χ1n) is 8.72. The number of aryl methyl sites for hydroxylation is 1. The monoisotopic (exact) mass is 383 g/mol. The van der Waals surface area contributed by atoms with Gasteiger partial charge < -0.3 is 15.0 Å². The second-order valence-electron chi connectivity index (χ2n) is 5.64. The molecule has 1 aromatic carbocycles. The van der Waals surface area contributed by atoms with E-state index in [9.17, 15) is 4.79 Å². The van der Waals surface area contributed by atoms with E-state index in [1.54, 1.807) is 6.07 Å². The Morgan fingerprint density at radius 3 is 2.70 bits per heavy atom. The third kappa shape index (κ3) is 5.30. The first-order chi connectivity index (χ1) is 13.2. The fraction of sp³-hybridized carbons (Fsp3) is 0.263. The van der Waals surface area contributed by atoms with Crippen LogP contribution < -0.4 is 10.1 Å². The second-order valence-corrected chi connectivity index (χ2v) is 6.60. The molecular formula is C19H21N5O2S. The van der Waals surface area contributed by atoms with E-state index >= 15 is 0 Å². The van der Waals surface area contributed by atoms with Gasteiger partial charge in [-0.2, -0.15) is 0 Å². The van der Waals surface area contributed by atoms with Crippen LogP contribution in [0.1, 0.15) is 19.5 Å². The third-order valence-electron chi connectivity index (χ3n) is 3.68. The molecule has 3 rings (SSSR count). The lowest BCUT2D eigenvalue weighted by Crippen LogP contribution is -2.15. The summed E-state index contributed by atoms with van der Waals surface area (Å²) in [5.74, 6) is 2.11. The minimum Gasteiger partial charge on any atom is -0.494 e. The Hall–Kier alpha value is -2.87. The van der Waals surface area contributed by atoms with Crippen LogP contribution in [0.3, 0.4) is 0 Å². The summed E-state index contributed by atoms with van der Waals surface area (Å²) in [7, 11) is 0. The van der Waals surface area contributed by atoms with E-state index in [0.717, 1.165) is 23.4 Å². The molecule has 0 aliphatic heterocycles. The van der Waals surface area contributed by atoms with E-state index < -0.39 is 0 Å². The summed E-state index contributed by atoms with van der Waals surface area (Å²) in [5, 5.41) is 11.6. The number of H-pyrrole nitrogens is 1. The van der Waals surface area contributed by atoms with Gasteiger partial charge in [0.1, 0.15) is 11.6 Å². The standard InChI is InChI=1S/C19H21N5O2S/c1-3-14-6-5-7-16(20-14)21-17(25)12-27-19-22-18(23-24-19)13-8-10-15(11-9-13)26-4-2/h5-11H,3-4,12H2,1-2H3,(H,20,21,25)(H,22,23,24). The summed E-state index contributed by atoms with van der Waals surface area (Å²) >= 11 is 1.29. The molecule has 140 valence electrons. The molecule has 0 saturated heterocycles. The number of aromatic nitrogens is 4. The number of thioether (sulfide) groups is 1. The van der Waals surface area contributed by atoms with Crippen molar-refractivity contribution in [2.24, 2.45) is 0 Å². The maximum absolute atomic E-state index is 12.1.